The maximum Gasteiger partial charge on any atom is 0.418 e. The number of fused-ring (bicyclic) bond motifs is 2. The van der Waals surface area contributed by atoms with Gasteiger partial charge in [-0.3, -0.25) is 9.59 Å². The molecule has 1 aliphatic carbocycles. The van der Waals surface area contributed by atoms with E-state index in [1.807, 2.05) is 6.92 Å². The Hall–Kier alpha value is -3.66. The van der Waals surface area contributed by atoms with Crippen molar-refractivity contribution in [3.63, 3.8) is 0 Å². The second kappa shape index (κ2) is 9.33. The summed E-state index contributed by atoms with van der Waals surface area (Å²) in [4.78, 5) is 54.0. The van der Waals surface area contributed by atoms with Gasteiger partial charge >= 0.3 is 12.1 Å². The average Bonchev–Trinajstić information content (AvgIpc) is 3.51. The van der Waals surface area contributed by atoms with Crippen molar-refractivity contribution in [1.82, 2.24) is 15.1 Å². The van der Waals surface area contributed by atoms with Gasteiger partial charge in [0.15, 0.2) is 0 Å². The van der Waals surface area contributed by atoms with Crippen molar-refractivity contribution in [2.75, 3.05) is 18.9 Å². The van der Waals surface area contributed by atoms with E-state index >= 15 is 0 Å². The normalized spacial score (nSPS) is 24.4. The Balaban J connectivity index is 1.36. The van der Waals surface area contributed by atoms with Crippen LogP contribution in [0.2, 0.25) is 5.02 Å². The first-order valence-corrected chi connectivity index (χ1v) is 12.5. The van der Waals surface area contributed by atoms with Gasteiger partial charge in [-0.2, -0.15) is 0 Å². The molecule has 1 spiro atoms. The molecule has 2 fully saturated rings. The van der Waals surface area contributed by atoms with E-state index in [1.54, 1.807) is 29.2 Å². The van der Waals surface area contributed by atoms with E-state index in [0.29, 0.717) is 36.1 Å². The molecule has 2 aromatic rings. The number of ether oxygens (including phenoxy) is 1. The smallest absolute Gasteiger partial charge is 0.418 e. The number of hydrogen-bond acceptors (Lipinski definition) is 5. The van der Waals surface area contributed by atoms with E-state index in [0.717, 1.165) is 10.5 Å². The van der Waals surface area contributed by atoms with Crippen molar-refractivity contribution in [2.24, 2.45) is 0 Å². The highest BCUT2D eigenvalue weighted by atomic mass is 35.5. The number of nitrogens with zero attached hydrogens (tertiary/aromatic N) is 2. The number of carbonyl (C=O) groups is 4. The number of carbonyl (C=O) groups excluding carboxylic acids is 4. The maximum atomic E-state index is 13.7. The second-order valence-electron chi connectivity index (χ2n) is 9.58. The molecule has 2 aliphatic heterocycles. The predicted molar refractivity (Wildman–Crippen MR) is 132 cm³/mol. The van der Waals surface area contributed by atoms with Gasteiger partial charge in [-0.15, -0.1) is 0 Å². The molecule has 0 aromatic heterocycles. The fraction of sp³-hybridized carbons (Fsp3) is 0.385. The molecule has 5 amide bonds. The van der Waals surface area contributed by atoms with Crippen LogP contribution in [0.15, 0.2) is 36.4 Å². The molecule has 3 aliphatic rings. The van der Waals surface area contributed by atoms with Crippen LogP contribution in [-0.4, -0.2) is 53.4 Å². The third kappa shape index (κ3) is 4.19. The van der Waals surface area contributed by atoms with E-state index in [2.05, 4.69) is 10.6 Å². The van der Waals surface area contributed by atoms with Crippen molar-refractivity contribution in [2.45, 2.75) is 50.3 Å². The van der Waals surface area contributed by atoms with Crippen LogP contribution in [0.1, 0.15) is 48.9 Å². The van der Waals surface area contributed by atoms with Gasteiger partial charge in [0.1, 0.15) is 12.4 Å². The highest BCUT2D eigenvalue weighted by Gasteiger charge is 2.58. The van der Waals surface area contributed by atoms with Crippen LogP contribution in [0.3, 0.4) is 0 Å². The first-order valence-electron chi connectivity index (χ1n) is 12.1. The lowest BCUT2D eigenvalue weighted by atomic mass is 9.94. The van der Waals surface area contributed by atoms with Gasteiger partial charge in [-0.1, -0.05) is 23.7 Å². The van der Waals surface area contributed by atoms with Crippen molar-refractivity contribution in [1.29, 1.82) is 0 Å². The summed E-state index contributed by atoms with van der Waals surface area (Å²) in [6, 6.07) is 8.56. The summed E-state index contributed by atoms with van der Waals surface area (Å²) in [7, 11) is 1.50. The molecule has 0 bridgehead atoms. The van der Waals surface area contributed by atoms with Crippen molar-refractivity contribution < 1.29 is 28.3 Å². The number of aryl methyl sites for hydroxylation is 1. The minimum Gasteiger partial charge on any atom is -0.427 e. The number of rotatable bonds is 4. The van der Waals surface area contributed by atoms with Gasteiger partial charge in [-0.05, 0) is 61.6 Å². The monoisotopic (exact) mass is 528 g/mol. The molecule has 11 heteroatoms. The average molecular weight is 529 g/mol. The van der Waals surface area contributed by atoms with Gasteiger partial charge in [0.25, 0.3) is 5.91 Å². The third-order valence-electron chi connectivity index (χ3n) is 7.42. The summed E-state index contributed by atoms with van der Waals surface area (Å²) in [5.41, 5.74) is 1.09. The molecule has 1 unspecified atom stereocenters. The molecule has 194 valence electrons. The summed E-state index contributed by atoms with van der Waals surface area (Å²) >= 11 is 5.97. The van der Waals surface area contributed by atoms with Gasteiger partial charge in [0.05, 0.1) is 11.1 Å². The molecular weight excluding hydrogens is 503 g/mol. The molecule has 37 heavy (non-hydrogen) atoms. The van der Waals surface area contributed by atoms with Crippen molar-refractivity contribution >= 4 is 41.2 Å². The molecule has 2 aromatic carbocycles. The van der Waals surface area contributed by atoms with E-state index in [-0.39, 0.29) is 29.6 Å². The van der Waals surface area contributed by atoms with Crippen molar-refractivity contribution in [3.05, 3.63) is 63.9 Å². The lowest BCUT2D eigenvalue weighted by Gasteiger charge is -2.30. The topological polar surface area (TPSA) is 108 Å². The number of urea groups is 1. The molecular formula is C26H26ClFN4O5. The standard InChI is InChI=1S/C26H26ClFN4O5/c1-14-3-8-21(16-4-7-20(28)19(27)12-16)32(14)22(33)13-31-23(34)26(37-25(31)36)10-9-15-11-17(5-6-18(15)26)30-24(35)29-2/h4-7,11-12,14,21H,3,8-10,13H2,1-2H3,(H2,29,30,35)/t14-,21+,26?/m0/s1. The Morgan fingerprint density at radius 3 is 2.70 bits per heavy atom. The van der Waals surface area contributed by atoms with Gasteiger partial charge in [-0.25, -0.2) is 18.9 Å². The van der Waals surface area contributed by atoms with Crippen LogP contribution in [0.4, 0.5) is 19.7 Å². The van der Waals surface area contributed by atoms with E-state index in [9.17, 15) is 23.6 Å². The number of anilines is 1. The Morgan fingerprint density at radius 1 is 1.19 bits per heavy atom. The zero-order valence-electron chi connectivity index (χ0n) is 20.3. The first-order chi connectivity index (χ1) is 17.6. The van der Waals surface area contributed by atoms with E-state index in [4.69, 9.17) is 16.3 Å². The number of nitrogens with one attached hydrogen (secondary N) is 2. The maximum absolute atomic E-state index is 13.7. The molecule has 2 N–H and O–H groups in total. The molecule has 9 nitrogen and oxygen atoms in total. The van der Waals surface area contributed by atoms with Crippen LogP contribution >= 0.6 is 11.6 Å². The summed E-state index contributed by atoms with van der Waals surface area (Å²) in [6.07, 6.45) is 1.21. The number of likely N-dealkylation sites (tertiary alicyclic amines) is 1. The minimum atomic E-state index is -1.49. The summed E-state index contributed by atoms with van der Waals surface area (Å²) in [5.74, 6) is -1.52. The molecule has 5 rings (SSSR count). The largest absolute Gasteiger partial charge is 0.427 e. The number of hydrogen-bond donors (Lipinski definition) is 2. The zero-order chi connectivity index (χ0) is 26.5. The van der Waals surface area contributed by atoms with Gasteiger partial charge in [0.2, 0.25) is 11.5 Å². The fourth-order valence-corrected chi connectivity index (χ4v) is 5.78. The quantitative estimate of drug-likeness (QED) is 0.621. The summed E-state index contributed by atoms with van der Waals surface area (Å²) in [6.45, 7) is 1.44. The Kier molecular flexibility index (Phi) is 6.31. The second-order valence-corrected chi connectivity index (χ2v) is 9.99. The van der Waals surface area contributed by atoms with Gasteiger partial charge in [0, 0.05) is 30.8 Å². The molecule has 2 saturated heterocycles. The Bertz CT molecular complexity index is 1320. The lowest BCUT2D eigenvalue weighted by Crippen LogP contribution is -2.46. The zero-order valence-corrected chi connectivity index (χ0v) is 21.1. The number of halogens is 2. The molecule has 3 atom stereocenters. The summed E-state index contributed by atoms with van der Waals surface area (Å²) in [5, 5.41) is 5.12. The highest BCUT2D eigenvalue weighted by molar-refractivity contribution is 6.30. The van der Waals surface area contributed by atoms with Crippen LogP contribution in [0.25, 0.3) is 0 Å². The van der Waals surface area contributed by atoms with E-state index in [1.165, 1.54) is 19.2 Å². The Labute approximate surface area is 217 Å². The van der Waals surface area contributed by atoms with Gasteiger partial charge < -0.3 is 20.3 Å². The molecule has 2 heterocycles. The van der Waals surface area contributed by atoms with Crippen molar-refractivity contribution in [3.8, 4) is 0 Å². The third-order valence-corrected chi connectivity index (χ3v) is 7.71. The lowest BCUT2D eigenvalue weighted by molar-refractivity contribution is -0.143. The molecule has 0 saturated carbocycles. The van der Waals surface area contributed by atoms with Crippen LogP contribution in [0, 0.1) is 5.82 Å². The predicted octanol–water partition coefficient (Wildman–Crippen LogP) is 4.10. The highest BCUT2D eigenvalue weighted by Crippen LogP contribution is 2.46. The number of imide groups is 1. The van der Waals surface area contributed by atoms with Crippen LogP contribution in [-0.2, 0) is 26.3 Å². The number of benzene rings is 2. The number of amides is 5. The summed E-state index contributed by atoms with van der Waals surface area (Å²) < 4.78 is 19.3. The van der Waals surface area contributed by atoms with Crippen LogP contribution < -0.4 is 10.6 Å². The van der Waals surface area contributed by atoms with E-state index < -0.39 is 35.9 Å². The first kappa shape index (κ1) is 25.0. The molecule has 0 radical (unpaired) electrons. The SMILES string of the molecule is CNC(=O)Nc1ccc2c(c1)CCC21OC(=O)N(CC(=O)N2[C@@H](c3ccc(F)c(Cl)c3)CC[C@@H]2C)C1=O. The Morgan fingerprint density at radius 2 is 1.97 bits per heavy atom. The van der Waals surface area contributed by atoms with Crippen LogP contribution in [0.5, 0.6) is 0 Å². The fourth-order valence-electron chi connectivity index (χ4n) is 5.59. The minimum absolute atomic E-state index is 0.0294.